The third kappa shape index (κ3) is 5.80. The Hall–Kier alpha value is -0.0800. The lowest BCUT2D eigenvalue weighted by Gasteiger charge is -2.14. The molecule has 0 aromatic carbocycles. The Morgan fingerprint density at radius 1 is 1.56 bits per heavy atom. The molecule has 1 atom stereocenters. The van der Waals surface area contributed by atoms with Crippen LogP contribution in [0.15, 0.2) is 0 Å². The van der Waals surface area contributed by atoms with Gasteiger partial charge in [0, 0.05) is 13.6 Å². The third-order valence-electron chi connectivity index (χ3n) is 1.38. The number of hydrazine groups is 1. The first kappa shape index (κ1) is 8.92. The van der Waals surface area contributed by atoms with Crippen LogP contribution in [0, 0.1) is 5.92 Å². The van der Waals surface area contributed by atoms with Crippen LogP contribution in [0.5, 0.6) is 0 Å². The maximum Gasteiger partial charge on any atom is 0.0151 e. The van der Waals surface area contributed by atoms with Crippen molar-refractivity contribution < 1.29 is 0 Å². The largest absolute Gasteiger partial charge is 0.269 e. The Labute approximate surface area is 58.0 Å². The minimum atomic E-state index is 0.741. The first-order chi connectivity index (χ1) is 4.16. The fourth-order valence-corrected chi connectivity index (χ4v) is 1.08. The van der Waals surface area contributed by atoms with Crippen molar-refractivity contribution >= 4 is 0 Å². The summed E-state index contributed by atoms with van der Waals surface area (Å²) >= 11 is 0. The normalized spacial score (nSPS) is 14.3. The monoisotopic (exact) mass is 130 g/mol. The summed E-state index contributed by atoms with van der Waals surface area (Å²) in [5.41, 5.74) is 0. The second-order valence-electron chi connectivity index (χ2n) is 2.83. The third-order valence-corrected chi connectivity index (χ3v) is 1.38. The molecule has 0 aliphatic rings. The lowest BCUT2D eigenvalue weighted by atomic mass is 10.1. The van der Waals surface area contributed by atoms with Crippen molar-refractivity contribution in [2.45, 2.75) is 26.7 Å². The molecule has 0 radical (unpaired) electrons. The second kappa shape index (κ2) is 4.77. The first-order valence-corrected chi connectivity index (χ1v) is 3.62. The maximum absolute atomic E-state index is 5.46. The van der Waals surface area contributed by atoms with Crippen molar-refractivity contribution in [3.8, 4) is 0 Å². The Morgan fingerprint density at radius 3 is 2.44 bits per heavy atom. The van der Waals surface area contributed by atoms with Gasteiger partial charge in [-0.05, 0) is 12.3 Å². The van der Waals surface area contributed by atoms with Crippen LogP contribution in [-0.4, -0.2) is 18.6 Å². The summed E-state index contributed by atoms with van der Waals surface area (Å²) in [6, 6.07) is 0. The molecule has 0 spiro atoms. The van der Waals surface area contributed by atoms with E-state index in [1.165, 1.54) is 12.8 Å². The van der Waals surface area contributed by atoms with Gasteiger partial charge in [0.15, 0.2) is 0 Å². The van der Waals surface area contributed by atoms with E-state index >= 15 is 0 Å². The van der Waals surface area contributed by atoms with Gasteiger partial charge in [0.05, 0.1) is 0 Å². The molecule has 9 heavy (non-hydrogen) atoms. The SMILES string of the molecule is CCCC(C)CN(C)N. The minimum absolute atomic E-state index is 0.741. The fraction of sp³-hybridized carbons (Fsp3) is 1.00. The second-order valence-corrected chi connectivity index (χ2v) is 2.83. The molecule has 2 heteroatoms. The van der Waals surface area contributed by atoms with E-state index in [1.807, 2.05) is 7.05 Å². The number of hydrogen-bond acceptors (Lipinski definition) is 2. The van der Waals surface area contributed by atoms with Gasteiger partial charge in [-0.15, -0.1) is 0 Å². The summed E-state index contributed by atoms with van der Waals surface area (Å²) in [6.07, 6.45) is 2.54. The van der Waals surface area contributed by atoms with E-state index in [0.29, 0.717) is 0 Å². The number of rotatable bonds is 4. The molecule has 0 aromatic rings. The fourth-order valence-electron chi connectivity index (χ4n) is 1.08. The molecule has 0 bridgehead atoms. The van der Waals surface area contributed by atoms with E-state index in [-0.39, 0.29) is 0 Å². The van der Waals surface area contributed by atoms with Crippen LogP contribution >= 0.6 is 0 Å². The summed E-state index contributed by atoms with van der Waals surface area (Å²) in [7, 11) is 1.91. The Bertz CT molecular complexity index is 61.9. The molecule has 0 rings (SSSR count). The number of nitrogens with two attached hydrogens (primary N) is 1. The number of nitrogens with zero attached hydrogens (tertiary/aromatic N) is 1. The summed E-state index contributed by atoms with van der Waals surface area (Å²) in [6.45, 7) is 5.44. The quantitative estimate of drug-likeness (QED) is 0.458. The highest BCUT2D eigenvalue weighted by Crippen LogP contribution is 2.03. The van der Waals surface area contributed by atoms with Crippen molar-refractivity contribution in [2.75, 3.05) is 13.6 Å². The van der Waals surface area contributed by atoms with E-state index in [4.69, 9.17) is 5.84 Å². The molecule has 0 aliphatic heterocycles. The van der Waals surface area contributed by atoms with Crippen molar-refractivity contribution in [1.82, 2.24) is 5.01 Å². The highest BCUT2D eigenvalue weighted by Gasteiger charge is 2.00. The first-order valence-electron chi connectivity index (χ1n) is 3.62. The van der Waals surface area contributed by atoms with E-state index in [2.05, 4.69) is 13.8 Å². The van der Waals surface area contributed by atoms with E-state index in [1.54, 1.807) is 5.01 Å². The summed E-state index contributed by atoms with van der Waals surface area (Å²) < 4.78 is 0. The lowest BCUT2D eigenvalue weighted by molar-refractivity contribution is 0.286. The topological polar surface area (TPSA) is 29.3 Å². The van der Waals surface area contributed by atoms with Gasteiger partial charge in [-0.2, -0.15) is 0 Å². The molecule has 1 unspecified atom stereocenters. The van der Waals surface area contributed by atoms with Crippen LogP contribution in [0.2, 0.25) is 0 Å². The maximum atomic E-state index is 5.46. The standard InChI is InChI=1S/C7H18N2/c1-4-5-7(2)6-9(3)8/h7H,4-6,8H2,1-3H3. The molecule has 0 saturated carbocycles. The molecule has 0 saturated heterocycles. The van der Waals surface area contributed by atoms with Gasteiger partial charge in [0.25, 0.3) is 0 Å². The van der Waals surface area contributed by atoms with Crippen molar-refractivity contribution in [3.63, 3.8) is 0 Å². The molecule has 0 aliphatic carbocycles. The molecule has 2 N–H and O–H groups in total. The molecule has 0 amide bonds. The smallest absolute Gasteiger partial charge is 0.0151 e. The Kier molecular flexibility index (Phi) is 4.72. The van der Waals surface area contributed by atoms with Crippen LogP contribution in [0.4, 0.5) is 0 Å². The van der Waals surface area contributed by atoms with Crippen molar-refractivity contribution in [1.29, 1.82) is 0 Å². The van der Waals surface area contributed by atoms with Gasteiger partial charge in [0.1, 0.15) is 0 Å². The minimum Gasteiger partial charge on any atom is -0.269 e. The van der Waals surface area contributed by atoms with Crippen molar-refractivity contribution in [2.24, 2.45) is 11.8 Å². The molecule has 56 valence electrons. The van der Waals surface area contributed by atoms with E-state index in [9.17, 15) is 0 Å². The van der Waals surface area contributed by atoms with Crippen LogP contribution in [0.1, 0.15) is 26.7 Å². The number of hydrogen-bond donors (Lipinski definition) is 1. The highest BCUT2D eigenvalue weighted by molar-refractivity contribution is 4.52. The molecule has 0 fully saturated rings. The summed E-state index contributed by atoms with van der Waals surface area (Å²) in [5.74, 6) is 6.20. The van der Waals surface area contributed by atoms with Gasteiger partial charge < -0.3 is 0 Å². The van der Waals surface area contributed by atoms with Crippen LogP contribution in [0.3, 0.4) is 0 Å². The molecule has 0 heterocycles. The lowest BCUT2D eigenvalue weighted by Crippen LogP contribution is -2.30. The predicted molar refractivity (Wildman–Crippen MR) is 40.9 cm³/mol. The van der Waals surface area contributed by atoms with Crippen LogP contribution in [-0.2, 0) is 0 Å². The van der Waals surface area contributed by atoms with Gasteiger partial charge in [0.2, 0.25) is 0 Å². The zero-order valence-corrected chi connectivity index (χ0v) is 6.72. The van der Waals surface area contributed by atoms with E-state index in [0.717, 1.165) is 12.5 Å². The zero-order chi connectivity index (χ0) is 7.28. The van der Waals surface area contributed by atoms with Gasteiger partial charge in [-0.25, -0.2) is 5.01 Å². The molecular formula is C7H18N2. The molecule has 2 nitrogen and oxygen atoms in total. The highest BCUT2D eigenvalue weighted by atomic mass is 15.4. The average Bonchev–Trinajstić information content (AvgIpc) is 1.63. The Balaban J connectivity index is 3.15. The van der Waals surface area contributed by atoms with Crippen LogP contribution in [0.25, 0.3) is 0 Å². The zero-order valence-electron chi connectivity index (χ0n) is 6.72. The van der Waals surface area contributed by atoms with Gasteiger partial charge in [-0.1, -0.05) is 20.3 Å². The summed E-state index contributed by atoms with van der Waals surface area (Å²) in [4.78, 5) is 0. The summed E-state index contributed by atoms with van der Waals surface area (Å²) in [5, 5.41) is 1.75. The van der Waals surface area contributed by atoms with Gasteiger partial charge in [-0.3, -0.25) is 5.84 Å². The van der Waals surface area contributed by atoms with Crippen LogP contribution < -0.4 is 5.84 Å². The average molecular weight is 130 g/mol. The van der Waals surface area contributed by atoms with E-state index < -0.39 is 0 Å². The predicted octanol–water partition coefficient (Wildman–Crippen LogP) is 1.23. The van der Waals surface area contributed by atoms with Crippen molar-refractivity contribution in [3.05, 3.63) is 0 Å². The molecule has 0 aromatic heterocycles. The Morgan fingerprint density at radius 2 is 2.11 bits per heavy atom. The van der Waals surface area contributed by atoms with Gasteiger partial charge >= 0.3 is 0 Å². The molecular weight excluding hydrogens is 112 g/mol.